The summed E-state index contributed by atoms with van der Waals surface area (Å²) in [5.41, 5.74) is 0. The van der Waals surface area contributed by atoms with Crippen molar-refractivity contribution in [2.24, 2.45) is 0 Å². The Morgan fingerprint density at radius 3 is 1.62 bits per heavy atom. The van der Waals surface area contributed by atoms with Crippen LogP contribution in [0.25, 0.3) is 0 Å². The van der Waals surface area contributed by atoms with Gasteiger partial charge in [-0.15, -0.1) is 0 Å². The van der Waals surface area contributed by atoms with Crippen molar-refractivity contribution in [3.63, 3.8) is 0 Å². The molecule has 0 spiro atoms. The van der Waals surface area contributed by atoms with Crippen molar-refractivity contribution >= 4 is 19.8 Å². The fraction of sp³-hybridized carbons (Fsp3) is 0.722. The zero-order valence-electron chi connectivity index (χ0n) is 28.3. The standard InChI is InChI=1S/C36H63O8P/c1-3-5-7-9-11-13-15-17-18-19-21-23-25-27-29-31-36(38)44-34(33-43-45(39,40)41)32-42-35(37)30-28-26-24-22-20-16-14-12-10-8-6-4-2/h5,7,11-14,17-18,34H,3-4,6,8-10,15-16,19-33H2,1-2H3,(H2,39,40,41)/b7-5-,13-11-,14-12-,18-17-. The minimum Gasteiger partial charge on any atom is -0.462 e. The molecule has 1 atom stereocenters. The maximum Gasteiger partial charge on any atom is 0.469 e. The maximum absolute atomic E-state index is 12.3. The number of hydrogen-bond acceptors (Lipinski definition) is 6. The minimum atomic E-state index is -4.75. The molecule has 0 saturated heterocycles. The Balaban J connectivity index is 4.06. The van der Waals surface area contributed by atoms with E-state index in [9.17, 15) is 14.2 Å². The average molecular weight is 655 g/mol. The Morgan fingerprint density at radius 2 is 1.07 bits per heavy atom. The summed E-state index contributed by atoms with van der Waals surface area (Å²) in [6, 6.07) is 0. The molecule has 0 aromatic carbocycles. The van der Waals surface area contributed by atoms with Gasteiger partial charge in [0, 0.05) is 12.8 Å². The van der Waals surface area contributed by atoms with Gasteiger partial charge in [-0.2, -0.15) is 0 Å². The van der Waals surface area contributed by atoms with E-state index in [0.717, 1.165) is 89.9 Å². The van der Waals surface area contributed by atoms with Gasteiger partial charge in [0.25, 0.3) is 0 Å². The second kappa shape index (κ2) is 32.0. The lowest BCUT2D eigenvalue weighted by Gasteiger charge is -2.18. The molecule has 0 bridgehead atoms. The number of ether oxygens (including phenoxy) is 2. The summed E-state index contributed by atoms with van der Waals surface area (Å²) in [6.45, 7) is 3.50. The van der Waals surface area contributed by atoms with Gasteiger partial charge in [-0.1, -0.05) is 114 Å². The van der Waals surface area contributed by atoms with E-state index in [2.05, 4.69) is 67.0 Å². The van der Waals surface area contributed by atoms with Crippen molar-refractivity contribution in [2.45, 2.75) is 155 Å². The van der Waals surface area contributed by atoms with E-state index < -0.39 is 32.5 Å². The molecule has 0 saturated carbocycles. The third kappa shape index (κ3) is 34.7. The maximum atomic E-state index is 12.3. The van der Waals surface area contributed by atoms with Crippen LogP contribution in [0, 0.1) is 0 Å². The highest BCUT2D eigenvalue weighted by atomic mass is 31.2. The van der Waals surface area contributed by atoms with Crippen LogP contribution in [0.15, 0.2) is 48.6 Å². The molecule has 0 fully saturated rings. The molecule has 1 unspecified atom stereocenters. The normalized spacial score (nSPS) is 13.1. The molecule has 0 aliphatic heterocycles. The largest absolute Gasteiger partial charge is 0.469 e. The highest BCUT2D eigenvalue weighted by Crippen LogP contribution is 2.35. The lowest BCUT2D eigenvalue weighted by Crippen LogP contribution is -2.29. The Labute approximate surface area is 274 Å². The van der Waals surface area contributed by atoms with Crippen LogP contribution in [0.5, 0.6) is 0 Å². The lowest BCUT2D eigenvalue weighted by molar-refractivity contribution is -0.161. The molecule has 45 heavy (non-hydrogen) atoms. The minimum absolute atomic E-state index is 0.189. The summed E-state index contributed by atoms with van der Waals surface area (Å²) in [5, 5.41) is 0. The number of phosphoric acid groups is 1. The number of phosphoric ester groups is 1. The second-order valence-corrected chi connectivity index (χ2v) is 12.7. The quantitative estimate of drug-likeness (QED) is 0.0328. The Morgan fingerprint density at radius 1 is 0.600 bits per heavy atom. The van der Waals surface area contributed by atoms with E-state index in [4.69, 9.17) is 19.3 Å². The van der Waals surface area contributed by atoms with Gasteiger partial charge in [0.1, 0.15) is 6.61 Å². The summed E-state index contributed by atoms with van der Waals surface area (Å²) >= 11 is 0. The third-order valence-corrected chi connectivity index (χ3v) is 7.57. The van der Waals surface area contributed by atoms with Crippen molar-refractivity contribution in [2.75, 3.05) is 13.2 Å². The molecule has 0 rings (SSSR count). The van der Waals surface area contributed by atoms with Gasteiger partial charge in [-0.3, -0.25) is 14.1 Å². The van der Waals surface area contributed by atoms with E-state index in [0.29, 0.717) is 12.8 Å². The van der Waals surface area contributed by atoms with Crippen LogP contribution in [0.1, 0.15) is 149 Å². The number of unbranched alkanes of at least 4 members (excludes halogenated alkanes) is 13. The van der Waals surface area contributed by atoms with Crippen LogP contribution in [0.3, 0.4) is 0 Å². The molecule has 2 N–H and O–H groups in total. The fourth-order valence-electron chi connectivity index (χ4n) is 4.50. The van der Waals surface area contributed by atoms with Gasteiger partial charge in [0.15, 0.2) is 6.10 Å². The summed E-state index contributed by atoms with van der Waals surface area (Å²) in [5.74, 6) is -0.921. The molecule has 0 aliphatic rings. The summed E-state index contributed by atoms with van der Waals surface area (Å²) in [6.07, 6.45) is 36.9. The van der Waals surface area contributed by atoms with Crippen LogP contribution in [0.2, 0.25) is 0 Å². The monoisotopic (exact) mass is 654 g/mol. The van der Waals surface area contributed by atoms with Crippen LogP contribution in [-0.2, 0) is 28.2 Å². The Hall–Kier alpha value is -1.99. The molecule has 0 aromatic rings. The third-order valence-electron chi connectivity index (χ3n) is 7.08. The second-order valence-electron chi connectivity index (χ2n) is 11.5. The molecule has 260 valence electrons. The van der Waals surface area contributed by atoms with Crippen molar-refractivity contribution in [3.8, 4) is 0 Å². The van der Waals surface area contributed by atoms with Gasteiger partial charge in [0.05, 0.1) is 6.61 Å². The molecule has 0 radical (unpaired) electrons. The van der Waals surface area contributed by atoms with E-state index in [1.54, 1.807) is 0 Å². The van der Waals surface area contributed by atoms with E-state index in [1.165, 1.54) is 19.3 Å². The van der Waals surface area contributed by atoms with Gasteiger partial charge in [0.2, 0.25) is 0 Å². The lowest BCUT2D eigenvalue weighted by atomic mass is 10.1. The van der Waals surface area contributed by atoms with Crippen LogP contribution in [-0.4, -0.2) is 41.0 Å². The zero-order valence-corrected chi connectivity index (χ0v) is 29.1. The summed E-state index contributed by atoms with van der Waals surface area (Å²) in [7, 11) is -4.75. The number of hydrogen-bond donors (Lipinski definition) is 2. The van der Waals surface area contributed by atoms with Crippen molar-refractivity contribution < 1.29 is 37.9 Å². The molecule has 0 aromatic heterocycles. The van der Waals surface area contributed by atoms with Gasteiger partial charge >= 0.3 is 19.8 Å². The SMILES string of the molecule is CC/C=C\C/C=C\C/C=C\CCCCCCCC(=O)OC(COC(=O)CCCCCCC/C=C\CCCCC)COP(=O)(O)O. The summed E-state index contributed by atoms with van der Waals surface area (Å²) in [4.78, 5) is 42.6. The number of carbonyl (C=O) groups is 2. The molecule has 9 heteroatoms. The summed E-state index contributed by atoms with van der Waals surface area (Å²) < 4.78 is 26.2. The first kappa shape index (κ1) is 43.0. The molecular weight excluding hydrogens is 591 g/mol. The number of carbonyl (C=O) groups excluding carboxylic acids is 2. The van der Waals surface area contributed by atoms with Crippen LogP contribution < -0.4 is 0 Å². The van der Waals surface area contributed by atoms with Crippen LogP contribution in [0.4, 0.5) is 0 Å². The van der Waals surface area contributed by atoms with Crippen molar-refractivity contribution in [1.29, 1.82) is 0 Å². The van der Waals surface area contributed by atoms with Gasteiger partial charge in [-0.25, -0.2) is 4.57 Å². The van der Waals surface area contributed by atoms with Gasteiger partial charge < -0.3 is 19.3 Å². The van der Waals surface area contributed by atoms with E-state index in [-0.39, 0.29) is 19.4 Å². The average Bonchev–Trinajstić information content (AvgIpc) is 3.00. The number of esters is 2. The predicted molar refractivity (Wildman–Crippen MR) is 184 cm³/mol. The molecule has 0 amide bonds. The molecule has 0 heterocycles. The number of allylic oxidation sites excluding steroid dienone is 8. The topological polar surface area (TPSA) is 119 Å². The first-order valence-electron chi connectivity index (χ1n) is 17.4. The predicted octanol–water partition coefficient (Wildman–Crippen LogP) is 10.0. The Bertz CT molecular complexity index is 874. The molecular formula is C36H63O8P. The molecule has 0 aliphatic carbocycles. The highest BCUT2D eigenvalue weighted by Gasteiger charge is 2.22. The first-order chi connectivity index (χ1) is 21.8. The van der Waals surface area contributed by atoms with E-state index in [1.807, 2.05) is 0 Å². The Kier molecular flexibility index (Phi) is 30.6. The van der Waals surface area contributed by atoms with Crippen molar-refractivity contribution in [1.82, 2.24) is 0 Å². The van der Waals surface area contributed by atoms with Crippen LogP contribution >= 0.6 is 7.82 Å². The smallest absolute Gasteiger partial charge is 0.462 e. The van der Waals surface area contributed by atoms with E-state index >= 15 is 0 Å². The molecule has 8 nitrogen and oxygen atoms in total. The zero-order chi connectivity index (χ0) is 33.3. The van der Waals surface area contributed by atoms with Crippen molar-refractivity contribution in [3.05, 3.63) is 48.6 Å². The fourth-order valence-corrected chi connectivity index (χ4v) is 4.86. The first-order valence-corrected chi connectivity index (χ1v) is 19.0. The number of rotatable bonds is 31. The highest BCUT2D eigenvalue weighted by molar-refractivity contribution is 7.46. The van der Waals surface area contributed by atoms with Gasteiger partial charge in [-0.05, 0) is 70.6 Å².